The van der Waals surface area contributed by atoms with Crippen molar-refractivity contribution in [1.29, 1.82) is 0 Å². The smallest absolute Gasteiger partial charge is 0.0572 e. The number of benzene rings is 1. The highest BCUT2D eigenvalue weighted by atomic mass is 13.6. The quantitative estimate of drug-likeness (QED) is 0.443. The summed E-state index contributed by atoms with van der Waals surface area (Å²) in [7, 11) is 0. The van der Waals surface area contributed by atoms with Gasteiger partial charge in [-0.3, -0.25) is 0 Å². The SMILES string of the molecule is C=C=C.C=CC=C.c1ccccc1. The predicted molar refractivity (Wildman–Crippen MR) is 61.6 cm³/mol. The molecule has 0 aliphatic carbocycles. The Bertz CT molecular complexity index is 193. The minimum atomic E-state index is 1.64. The summed E-state index contributed by atoms with van der Waals surface area (Å²) in [4.78, 5) is 0. The fourth-order valence-corrected chi connectivity index (χ4v) is 0.385. The molecular formula is C13H16. The van der Waals surface area contributed by atoms with Crippen molar-refractivity contribution in [3.63, 3.8) is 0 Å². The molecule has 0 heteroatoms. The molecule has 68 valence electrons. The number of rotatable bonds is 1. The van der Waals surface area contributed by atoms with Gasteiger partial charge in [0.15, 0.2) is 0 Å². The molecule has 0 spiro atoms. The highest BCUT2D eigenvalue weighted by Crippen LogP contribution is 1.79. The largest absolute Gasteiger partial charge is 0.137 e. The third-order valence-corrected chi connectivity index (χ3v) is 0.833. The number of hydrogen-bond acceptors (Lipinski definition) is 0. The molecule has 1 aromatic rings. The maximum atomic E-state index is 3.36. The average molecular weight is 172 g/mol. The van der Waals surface area contributed by atoms with Crippen LogP contribution < -0.4 is 0 Å². The van der Waals surface area contributed by atoms with Crippen LogP contribution in [-0.4, -0.2) is 0 Å². The second-order valence-electron chi connectivity index (χ2n) is 1.88. The summed E-state index contributed by atoms with van der Waals surface area (Å²) in [5.74, 6) is 0. The summed E-state index contributed by atoms with van der Waals surface area (Å²) in [6, 6.07) is 12.0. The van der Waals surface area contributed by atoms with E-state index in [2.05, 4.69) is 32.0 Å². The zero-order valence-electron chi connectivity index (χ0n) is 7.95. The van der Waals surface area contributed by atoms with Crippen LogP contribution in [0.15, 0.2) is 80.6 Å². The number of hydrogen-bond donors (Lipinski definition) is 0. The summed E-state index contributed by atoms with van der Waals surface area (Å²) in [6.07, 6.45) is 3.28. The van der Waals surface area contributed by atoms with Crippen LogP contribution in [0.1, 0.15) is 0 Å². The minimum absolute atomic E-state index is 1.64. The van der Waals surface area contributed by atoms with Crippen LogP contribution >= 0.6 is 0 Å². The molecule has 13 heavy (non-hydrogen) atoms. The molecule has 0 fully saturated rings. The monoisotopic (exact) mass is 172 g/mol. The van der Waals surface area contributed by atoms with E-state index in [0.717, 1.165) is 0 Å². The van der Waals surface area contributed by atoms with Gasteiger partial charge in [0.2, 0.25) is 0 Å². The fourth-order valence-electron chi connectivity index (χ4n) is 0.385. The van der Waals surface area contributed by atoms with Gasteiger partial charge in [-0.05, 0) is 0 Å². The first kappa shape index (κ1) is 13.8. The van der Waals surface area contributed by atoms with Gasteiger partial charge in [-0.2, -0.15) is 0 Å². The fraction of sp³-hybridized carbons (Fsp3) is 0. The summed E-state index contributed by atoms with van der Waals surface area (Å²) in [5.41, 5.74) is 2.25. The molecule has 0 nitrogen and oxygen atoms in total. The Balaban J connectivity index is 0. The zero-order valence-corrected chi connectivity index (χ0v) is 7.95. The molecule has 0 aromatic heterocycles. The maximum absolute atomic E-state index is 3.36. The Morgan fingerprint density at radius 2 is 0.846 bits per heavy atom. The first-order chi connectivity index (χ1) is 6.33. The van der Waals surface area contributed by atoms with E-state index in [1.807, 2.05) is 36.4 Å². The number of allylic oxidation sites excluding steroid dienone is 2. The van der Waals surface area contributed by atoms with Gasteiger partial charge in [0.1, 0.15) is 0 Å². The second kappa shape index (κ2) is 16.7. The van der Waals surface area contributed by atoms with Crippen molar-refractivity contribution in [3.05, 3.63) is 80.6 Å². The molecule has 0 saturated heterocycles. The van der Waals surface area contributed by atoms with Gasteiger partial charge in [-0.15, -0.1) is 5.73 Å². The molecule has 0 aliphatic heterocycles. The lowest BCUT2D eigenvalue weighted by atomic mass is 10.4. The van der Waals surface area contributed by atoms with Crippen LogP contribution in [0.5, 0.6) is 0 Å². The maximum Gasteiger partial charge on any atom is -0.0572 e. The van der Waals surface area contributed by atoms with E-state index < -0.39 is 0 Å². The molecular weight excluding hydrogens is 156 g/mol. The summed E-state index contributed by atoms with van der Waals surface area (Å²) in [5, 5.41) is 0. The van der Waals surface area contributed by atoms with Gasteiger partial charge < -0.3 is 0 Å². The zero-order chi connectivity index (χ0) is 10.4. The van der Waals surface area contributed by atoms with Crippen LogP contribution in [-0.2, 0) is 0 Å². The van der Waals surface area contributed by atoms with Crippen molar-refractivity contribution >= 4 is 0 Å². The van der Waals surface area contributed by atoms with Gasteiger partial charge in [0.05, 0.1) is 0 Å². The third-order valence-electron chi connectivity index (χ3n) is 0.833. The van der Waals surface area contributed by atoms with Crippen LogP contribution in [0.3, 0.4) is 0 Å². The average Bonchev–Trinajstić information content (AvgIpc) is 2.22. The summed E-state index contributed by atoms with van der Waals surface area (Å²) < 4.78 is 0. The Morgan fingerprint density at radius 3 is 0.923 bits per heavy atom. The van der Waals surface area contributed by atoms with Crippen LogP contribution in [0.25, 0.3) is 0 Å². The molecule has 0 heterocycles. The molecule has 0 radical (unpaired) electrons. The molecule has 0 atom stereocenters. The summed E-state index contributed by atoms with van der Waals surface area (Å²) >= 11 is 0. The molecule has 0 aliphatic rings. The van der Waals surface area contributed by atoms with Crippen molar-refractivity contribution in [2.75, 3.05) is 0 Å². The Hall–Kier alpha value is -1.78. The van der Waals surface area contributed by atoms with Gasteiger partial charge >= 0.3 is 0 Å². The van der Waals surface area contributed by atoms with E-state index >= 15 is 0 Å². The lowest BCUT2D eigenvalue weighted by Gasteiger charge is -1.69. The second-order valence-corrected chi connectivity index (χ2v) is 1.88. The molecule has 0 unspecified atom stereocenters. The third kappa shape index (κ3) is 25.3. The van der Waals surface area contributed by atoms with E-state index in [1.165, 1.54) is 0 Å². The van der Waals surface area contributed by atoms with Crippen molar-refractivity contribution in [3.8, 4) is 0 Å². The highest BCUT2D eigenvalue weighted by Gasteiger charge is 1.57. The Morgan fingerprint density at radius 1 is 0.692 bits per heavy atom. The molecule has 0 saturated carbocycles. The van der Waals surface area contributed by atoms with Crippen molar-refractivity contribution in [2.45, 2.75) is 0 Å². The van der Waals surface area contributed by atoms with Crippen molar-refractivity contribution in [1.82, 2.24) is 0 Å². The van der Waals surface area contributed by atoms with Crippen LogP contribution in [0, 0.1) is 0 Å². The van der Waals surface area contributed by atoms with Gasteiger partial charge in [0.25, 0.3) is 0 Å². The van der Waals surface area contributed by atoms with Gasteiger partial charge in [-0.25, -0.2) is 0 Å². The first-order valence-corrected chi connectivity index (χ1v) is 3.86. The van der Waals surface area contributed by atoms with Gasteiger partial charge in [0, 0.05) is 0 Å². The van der Waals surface area contributed by atoms with E-state index in [4.69, 9.17) is 0 Å². The molecule has 0 N–H and O–H groups in total. The topological polar surface area (TPSA) is 0 Å². The van der Waals surface area contributed by atoms with Crippen molar-refractivity contribution < 1.29 is 0 Å². The van der Waals surface area contributed by atoms with E-state index in [1.54, 1.807) is 12.2 Å². The molecule has 0 bridgehead atoms. The minimum Gasteiger partial charge on any atom is -0.137 e. The lowest BCUT2D eigenvalue weighted by Crippen LogP contribution is -1.47. The van der Waals surface area contributed by atoms with Crippen LogP contribution in [0.4, 0.5) is 0 Å². The van der Waals surface area contributed by atoms with Crippen LogP contribution in [0.2, 0.25) is 0 Å². The standard InChI is InChI=1S/C6H6.C4H6.C3H4/c1-2-4-6-5-3-1;1-3-4-2;1-3-2/h1-6H;3-4H,1-2H2;1-2H2. The summed E-state index contributed by atoms with van der Waals surface area (Å²) in [6.45, 7) is 13.0. The Labute approximate surface area is 81.2 Å². The predicted octanol–water partition coefficient (Wildman–Crippen LogP) is 4.00. The van der Waals surface area contributed by atoms with Gasteiger partial charge in [-0.1, -0.05) is 74.9 Å². The lowest BCUT2D eigenvalue weighted by molar-refractivity contribution is 1.72. The highest BCUT2D eigenvalue weighted by molar-refractivity contribution is 4.99. The Kier molecular flexibility index (Phi) is 17.7. The first-order valence-electron chi connectivity index (χ1n) is 3.86. The molecule has 1 rings (SSSR count). The van der Waals surface area contributed by atoms with E-state index in [-0.39, 0.29) is 0 Å². The normalized spacial score (nSPS) is 5.85. The molecule has 0 amide bonds. The molecule has 1 aromatic carbocycles. The van der Waals surface area contributed by atoms with Crippen molar-refractivity contribution in [2.24, 2.45) is 0 Å². The van der Waals surface area contributed by atoms with E-state index in [9.17, 15) is 0 Å². The van der Waals surface area contributed by atoms with E-state index in [0.29, 0.717) is 0 Å².